The second kappa shape index (κ2) is 11.2. The molecule has 2 unspecified atom stereocenters. The molecule has 0 fully saturated rings. The second-order valence-corrected chi connectivity index (χ2v) is 9.23. The number of rotatable bonds is 9. The molecule has 0 aromatic heterocycles. The molecule has 0 spiro atoms. The molecule has 4 rings (SSSR count). The molecular weight excluding hydrogens is 430 g/mol. The molecule has 4 aromatic rings. The van der Waals surface area contributed by atoms with Crippen molar-refractivity contribution in [1.82, 2.24) is 4.90 Å². The van der Waals surface area contributed by atoms with Crippen molar-refractivity contribution in [2.75, 3.05) is 0 Å². The molecule has 0 aliphatic heterocycles. The van der Waals surface area contributed by atoms with Crippen LogP contribution in [0.1, 0.15) is 53.2 Å². The van der Waals surface area contributed by atoms with Gasteiger partial charge in [0.1, 0.15) is 0 Å². The van der Waals surface area contributed by atoms with Gasteiger partial charge in [0.25, 0.3) is 0 Å². The standard InChI is InChI=1S/C32H33NO2/c1-23-12-10-19-30(24(23)2)28-17-11-18-29(20-28)31(21-32(34)35)33(22-26-13-6-4-7-14-26)25(3)27-15-8-5-9-16-27/h4-20,25,31H,21-22H2,1-3H3,(H,34,35). The summed E-state index contributed by atoms with van der Waals surface area (Å²) in [5.41, 5.74) is 8.15. The van der Waals surface area contributed by atoms with Crippen molar-refractivity contribution in [3.05, 3.63) is 131 Å². The van der Waals surface area contributed by atoms with Gasteiger partial charge in [0.05, 0.1) is 6.42 Å². The number of hydrogen-bond donors (Lipinski definition) is 1. The fourth-order valence-electron chi connectivity index (χ4n) is 4.80. The first kappa shape index (κ1) is 24.4. The number of hydrogen-bond acceptors (Lipinski definition) is 2. The topological polar surface area (TPSA) is 40.5 Å². The van der Waals surface area contributed by atoms with E-state index in [2.05, 4.69) is 92.4 Å². The molecular formula is C32H33NO2. The molecule has 4 aromatic carbocycles. The van der Waals surface area contributed by atoms with Crippen molar-refractivity contribution in [3.63, 3.8) is 0 Å². The fourth-order valence-corrected chi connectivity index (χ4v) is 4.80. The third kappa shape index (κ3) is 5.87. The van der Waals surface area contributed by atoms with Crippen LogP contribution in [-0.4, -0.2) is 16.0 Å². The van der Waals surface area contributed by atoms with Gasteiger partial charge in [0, 0.05) is 18.6 Å². The van der Waals surface area contributed by atoms with E-state index in [9.17, 15) is 9.90 Å². The smallest absolute Gasteiger partial charge is 0.305 e. The van der Waals surface area contributed by atoms with Gasteiger partial charge in [-0.1, -0.05) is 97.1 Å². The maximum atomic E-state index is 12.1. The zero-order valence-electron chi connectivity index (χ0n) is 20.7. The highest BCUT2D eigenvalue weighted by molar-refractivity contribution is 5.70. The maximum absolute atomic E-state index is 12.1. The quantitative estimate of drug-likeness (QED) is 0.276. The second-order valence-electron chi connectivity index (χ2n) is 9.23. The fraction of sp³-hybridized carbons (Fsp3) is 0.219. The molecule has 0 amide bonds. The van der Waals surface area contributed by atoms with E-state index in [1.165, 1.54) is 22.3 Å². The van der Waals surface area contributed by atoms with Crippen LogP contribution in [0.4, 0.5) is 0 Å². The van der Waals surface area contributed by atoms with E-state index < -0.39 is 5.97 Å². The summed E-state index contributed by atoms with van der Waals surface area (Å²) in [7, 11) is 0. The van der Waals surface area contributed by atoms with E-state index in [1.807, 2.05) is 36.4 Å². The zero-order chi connectivity index (χ0) is 24.8. The molecule has 178 valence electrons. The summed E-state index contributed by atoms with van der Waals surface area (Å²) in [6.07, 6.45) is 0.0280. The summed E-state index contributed by atoms with van der Waals surface area (Å²) < 4.78 is 0. The molecule has 2 atom stereocenters. The Hall–Kier alpha value is -3.69. The average molecular weight is 464 g/mol. The minimum absolute atomic E-state index is 0.0280. The molecule has 35 heavy (non-hydrogen) atoms. The van der Waals surface area contributed by atoms with Gasteiger partial charge in [-0.05, 0) is 65.8 Å². The van der Waals surface area contributed by atoms with E-state index in [1.54, 1.807) is 0 Å². The molecule has 1 N–H and O–H groups in total. The summed E-state index contributed by atoms with van der Waals surface area (Å²) in [6.45, 7) is 7.09. The van der Waals surface area contributed by atoms with Crippen molar-refractivity contribution in [2.24, 2.45) is 0 Å². The molecule has 3 nitrogen and oxygen atoms in total. The molecule has 0 saturated carbocycles. The van der Waals surface area contributed by atoms with Crippen molar-refractivity contribution < 1.29 is 9.90 Å². The van der Waals surface area contributed by atoms with Crippen LogP contribution in [0.5, 0.6) is 0 Å². The summed E-state index contributed by atoms with van der Waals surface area (Å²) >= 11 is 0. The highest BCUT2D eigenvalue weighted by Crippen LogP contribution is 2.36. The first-order valence-corrected chi connectivity index (χ1v) is 12.2. The van der Waals surface area contributed by atoms with Gasteiger partial charge in [-0.25, -0.2) is 0 Å². The summed E-state index contributed by atoms with van der Waals surface area (Å²) in [6, 6.07) is 35.1. The molecule has 0 aliphatic carbocycles. The number of carboxylic acid groups (broad SMARTS) is 1. The lowest BCUT2D eigenvalue weighted by atomic mass is 9.92. The normalized spacial score (nSPS) is 12.9. The highest BCUT2D eigenvalue weighted by atomic mass is 16.4. The van der Waals surface area contributed by atoms with Crippen LogP contribution in [-0.2, 0) is 11.3 Å². The number of nitrogens with zero attached hydrogens (tertiary/aromatic N) is 1. The van der Waals surface area contributed by atoms with Crippen molar-refractivity contribution in [3.8, 4) is 11.1 Å². The Morgan fingerprint density at radius 2 is 1.43 bits per heavy atom. The lowest BCUT2D eigenvalue weighted by Crippen LogP contribution is -2.32. The van der Waals surface area contributed by atoms with E-state index in [0.717, 1.165) is 16.7 Å². The number of carbonyl (C=O) groups is 1. The Labute approximate surface area is 208 Å². The van der Waals surface area contributed by atoms with Gasteiger partial charge < -0.3 is 5.11 Å². The van der Waals surface area contributed by atoms with Gasteiger partial charge in [0.2, 0.25) is 0 Å². The zero-order valence-corrected chi connectivity index (χ0v) is 20.7. The van der Waals surface area contributed by atoms with Crippen molar-refractivity contribution in [1.29, 1.82) is 0 Å². The SMILES string of the molecule is Cc1cccc(-c2cccc(C(CC(=O)O)N(Cc3ccccc3)C(C)c3ccccc3)c2)c1C. The molecule has 0 bridgehead atoms. The Morgan fingerprint density at radius 3 is 2.11 bits per heavy atom. The third-order valence-electron chi connectivity index (χ3n) is 6.94. The number of carboxylic acids is 1. The Bertz CT molecular complexity index is 1270. The summed E-state index contributed by atoms with van der Waals surface area (Å²) in [4.78, 5) is 14.4. The minimum atomic E-state index is -0.800. The lowest BCUT2D eigenvalue weighted by molar-refractivity contribution is -0.138. The number of aryl methyl sites for hydroxylation is 1. The predicted octanol–water partition coefficient (Wildman–Crippen LogP) is 7.75. The van der Waals surface area contributed by atoms with Gasteiger partial charge in [-0.15, -0.1) is 0 Å². The van der Waals surface area contributed by atoms with Crippen molar-refractivity contribution >= 4 is 5.97 Å². The summed E-state index contributed by atoms with van der Waals surface area (Å²) in [5, 5.41) is 9.95. The largest absolute Gasteiger partial charge is 0.481 e. The average Bonchev–Trinajstić information content (AvgIpc) is 2.88. The molecule has 3 heteroatoms. The summed E-state index contributed by atoms with van der Waals surface area (Å²) in [5.74, 6) is -0.800. The van der Waals surface area contributed by atoms with E-state index in [4.69, 9.17) is 0 Å². The monoisotopic (exact) mass is 463 g/mol. The van der Waals surface area contributed by atoms with Crippen LogP contribution in [0.2, 0.25) is 0 Å². The van der Waals surface area contributed by atoms with Crippen LogP contribution in [0.15, 0.2) is 103 Å². The Kier molecular flexibility index (Phi) is 7.79. The van der Waals surface area contributed by atoms with Crippen LogP contribution in [0, 0.1) is 13.8 Å². The van der Waals surface area contributed by atoms with Crippen molar-refractivity contribution in [2.45, 2.75) is 45.8 Å². The lowest BCUT2D eigenvalue weighted by Gasteiger charge is -2.37. The van der Waals surface area contributed by atoms with E-state index in [0.29, 0.717) is 6.54 Å². The van der Waals surface area contributed by atoms with Crippen LogP contribution >= 0.6 is 0 Å². The Morgan fingerprint density at radius 1 is 0.800 bits per heavy atom. The maximum Gasteiger partial charge on any atom is 0.305 e. The third-order valence-corrected chi connectivity index (χ3v) is 6.94. The first-order chi connectivity index (χ1) is 16.9. The van der Waals surface area contributed by atoms with Crippen LogP contribution in [0.3, 0.4) is 0 Å². The number of benzene rings is 4. The van der Waals surface area contributed by atoms with Gasteiger partial charge in [-0.2, -0.15) is 0 Å². The molecule has 0 radical (unpaired) electrons. The van der Waals surface area contributed by atoms with Gasteiger partial charge in [-0.3, -0.25) is 9.69 Å². The van der Waals surface area contributed by atoms with E-state index in [-0.39, 0.29) is 18.5 Å². The molecule has 0 saturated heterocycles. The van der Waals surface area contributed by atoms with Crippen LogP contribution < -0.4 is 0 Å². The first-order valence-electron chi connectivity index (χ1n) is 12.2. The predicted molar refractivity (Wildman–Crippen MR) is 143 cm³/mol. The van der Waals surface area contributed by atoms with Gasteiger partial charge >= 0.3 is 5.97 Å². The highest BCUT2D eigenvalue weighted by Gasteiger charge is 2.28. The molecule has 0 aliphatic rings. The van der Waals surface area contributed by atoms with Crippen LogP contribution in [0.25, 0.3) is 11.1 Å². The Balaban J connectivity index is 1.80. The minimum Gasteiger partial charge on any atom is -0.481 e. The van der Waals surface area contributed by atoms with E-state index >= 15 is 0 Å². The molecule has 0 heterocycles. The van der Waals surface area contributed by atoms with Gasteiger partial charge in [0.15, 0.2) is 0 Å². The number of aliphatic carboxylic acids is 1.